The average Bonchev–Trinajstić information content (AvgIpc) is 2.26. The van der Waals surface area contributed by atoms with Crippen molar-refractivity contribution in [3.8, 4) is 0 Å². The predicted octanol–water partition coefficient (Wildman–Crippen LogP) is 4.49. The predicted molar refractivity (Wildman–Crippen MR) is 81.0 cm³/mol. The molecular weight excluding hydrogens is 240 g/mol. The number of aryl methyl sites for hydroxylation is 1. The molecule has 1 nitrogen and oxygen atoms in total. The van der Waals surface area contributed by atoms with E-state index >= 15 is 0 Å². The lowest BCUT2D eigenvalue weighted by molar-refractivity contribution is -0.110. The number of carbonyl (C=O) groups excluding carboxylic acids is 1. The molecule has 0 saturated carbocycles. The van der Waals surface area contributed by atoms with Gasteiger partial charge in [0.05, 0.1) is 0 Å². The van der Waals surface area contributed by atoms with Crippen molar-refractivity contribution in [1.82, 2.24) is 0 Å². The van der Waals surface area contributed by atoms with E-state index in [4.69, 9.17) is 0 Å². The van der Waals surface area contributed by atoms with Crippen molar-refractivity contribution >= 4 is 16.9 Å². The molecule has 0 amide bonds. The van der Waals surface area contributed by atoms with Gasteiger partial charge in [-0.25, -0.2) is 0 Å². The molecule has 1 aromatic rings. The quantitative estimate of drug-likeness (QED) is 0.753. The molecule has 0 aliphatic rings. The number of hydrogen-bond acceptors (Lipinski definition) is 2. The van der Waals surface area contributed by atoms with E-state index in [9.17, 15) is 4.79 Å². The highest BCUT2D eigenvalue weighted by atomic mass is 32.2. The smallest absolute Gasteiger partial charge is 0.193 e. The van der Waals surface area contributed by atoms with Gasteiger partial charge in [-0.1, -0.05) is 63.7 Å². The van der Waals surface area contributed by atoms with Crippen LogP contribution in [0.5, 0.6) is 0 Å². The monoisotopic (exact) mass is 264 g/mol. The van der Waals surface area contributed by atoms with Crippen molar-refractivity contribution < 1.29 is 4.79 Å². The molecule has 1 aromatic carbocycles. The van der Waals surface area contributed by atoms with Crippen LogP contribution in [0.2, 0.25) is 0 Å². The summed E-state index contributed by atoms with van der Waals surface area (Å²) >= 11 is 1.44. The Morgan fingerprint density at radius 2 is 1.72 bits per heavy atom. The molecule has 0 fully saturated rings. The Kier molecular flexibility index (Phi) is 6.48. The highest BCUT2D eigenvalue weighted by Gasteiger charge is 2.10. The van der Waals surface area contributed by atoms with Gasteiger partial charge in [-0.05, 0) is 29.9 Å². The summed E-state index contributed by atoms with van der Waals surface area (Å²) in [7, 11) is 0. The lowest BCUT2D eigenvalue weighted by Gasteiger charge is -2.11. The molecule has 0 spiro atoms. The summed E-state index contributed by atoms with van der Waals surface area (Å²) in [5.74, 6) is 0.707. The molecule has 0 N–H and O–H groups in total. The van der Waals surface area contributed by atoms with E-state index in [-0.39, 0.29) is 5.12 Å². The molecule has 0 aliphatic carbocycles. The summed E-state index contributed by atoms with van der Waals surface area (Å²) in [4.78, 5) is 11.9. The fraction of sp³-hybridized carbons (Fsp3) is 0.562. The highest BCUT2D eigenvalue weighted by molar-refractivity contribution is 8.14. The third-order valence-corrected chi connectivity index (χ3v) is 3.69. The zero-order chi connectivity index (χ0) is 13.5. The SMILES string of the molecule is CC(C)CCc1ccccc1CC(=O)SC(C)C. The molecule has 100 valence electrons. The molecule has 18 heavy (non-hydrogen) atoms. The molecule has 0 heterocycles. The fourth-order valence-corrected chi connectivity index (χ4v) is 2.64. The first kappa shape index (κ1) is 15.3. The molecule has 0 atom stereocenters. The number of benzene rings is 1. The van der Waals surface area contributed by atoms with Gasteiger partial charge in [-0.3, -0.25) is 4.79 Å². The number of hydrogen-bond donors (Lipinski definition) is 0. The van der Waals surface area contributed by atoms with Crippen LogP contribution in [0.15, 0.2) is 24.3 Å². The van der Waals surface area contributed by atoms with Gasteiger partial charge in [0, 0.05) is 11.7 Å². The first-order valence-corrected chi connectivity index (χ1v) is 7.63. The first-order valence-electron chi connectivity index (χ1n) is 6.75. The van der Waals surface area contributed by atoms with E-state index in [0.717, 1.165) is 6.42 Å². The van der Waals surface area contributed by atoms with Crippen molar-refractivity contribution in [3.63, 3.8) is 0 Å². The van der Waals surface area contributed by atoms with Crippen LogP contribution >= 0.6 is 11.8 Å². The topological polar surface area (TPSA) is 17.1 Å². The second kappa shape index (κ2) is 7.63. The highest BCUT2D eigenvalue weighted by Crippen LogP contribution is 2.19. The summed E-state index contributed by atoms with van der Waals surface area (Å²) < 4.78 is 0. The van der Waals surface area contributed by atoms with Crippen LogP contribution in [0.1, 0.15) is 45.2 Å². The minimum atomic E-state index is 0.280. The van der Waals surface area contributed by atoms with Crippen molar-refractivity contribution in [1.29, 1.82) is 0 Å². The zero-order valence-corrected chi connectivity index (χ0v) is 12.7. The van der Waals surface area contributed by atoms with Gasteiger partial charge >= 0.3 is 0 Å². The molecule has 1 rings (SSSR count). The molecule has 0 saturated heterocycles. The molecular formula is C16H24OS. The van der Waals surface area contributed by atoms with Gasteiger partial charge in [0.2, 0.25) is 0 Å². The maximum Gasteiger partial charge on any atom is 0.193 e. The molecule has 0 aliphatic heterocycles. The van der Waals surface area contributed by atoms with E-state index in [1.165, 1.54) is 29.3 Å². The normalized spacial score (nSPS) is 11.2. The maximum absolute atomic E-state index is 11.9. The van der Waals surface area contributed by atoms with E-state index in [0.29, 0.717) is 17.6 Å². The van der Waals surface area contributed by atoms with Gasteiger partial charge in [0.15, 0.2) is 5.12 Å². The summed E-state index contributed by atoms with van der Waals surface area (Å²) in [6.07, 6.45) is 2.83. The number of carbonyl (C=O) groups is 1. The maximum atomic E-state index is 11.9. The van der Waals surface area contributed by atoms with Crippen molar-refractivity contribution in [2.75, 3.05) is 0 Å². The van der Waals surface area contributed by atoms with E-state index in [2.05, 4.69) is 45.9 Å². The van der Waals surface area contributed by atoms with Crippen molar-refractivity contribution in [2.45, 2.75) is 52.2 Å². The number of thioether (sulfide) groups is 1. The Hall–Kier alpha value is -0.760. The van der Waals surface area contributed by atoms with Crippen LogP contribution in [-0.4, -0.2) is 10.4 Å². The van der Waals surface area contributed by atoms with Crippen molar-refractivity contribution in [3.05, 3.63) is 35.4 Å². The Labute approximate surface area is 115 Å². The van der Waals surface area contributed by atoms with Crippen LogP contribution < -0.4 is 0 Å². The molecule has 2 heteroatoms. The minimum Gasteiger partial charge on any atom is -0.287 e. The zero-order valence-electron chi connectivity index (χ0n) is 11.9. The Bertz CT molecular complexity index is 382. The fourth-order valence-electron chi connectivity index (χ4n) is 1.88. The lowest BCUT2D eigenvalue weighted by Crippen LogP contribution is -2.05. The van der Waals surface area contributed by atoms with E-state index in [1.807, 2.05) is 6.07 Å². The summed E-state index contributed by atoms with van der Waals surface area (Å²) in [5, 5.41) is 0.655. The Balaban J connectivity index is 2.66. The molecule has 0 bridgehead atoms. The van der Waals surface area contributed by atoms with Crippen LogP contribution in [0, 0.1) is 5.92 Å². The summed E-state index contributed by atoms with van der Waals surface area (Å²) in [6, 6.07) is 8.35. The second-order valence-electron chi connectivity index (χ2n) is 5.42. The Morgan fingerprint density at radius 1 is 1.11 bits per heavy atom. The van der Waals surface area contributed by atoms with Crippen LogP contribution in [0.3, 0.4) is 0 Å². The first-order chi connectivity index (χ1) is 8.49. The van der Waals surface area contributed by atoms with Crippen molar-refractivity contribution in [2.24, 2.45) is 5.92 Å². The second-order valence-corrected chi connectivity index (χ2v) is 7.05. The third kappa shape index (κ3) is 5.72. The lowest BCUT2D eigenvalue weighted by atomic mass is 9.97. The molecule has 0 radical (unpaired) electrons. The molecule has 0 unspecified atom stereocenters. The largest absolute Gasteiger partial charge is 0.287 e. The van der Waals surface area contributed by atoms with Crippen LogP contribution in [0.25, 0.3) is 0 Å². The van der Waals surface area contributed by atoms with Crippen LogP contribution in [-0.2, 0) is 17.6 Å². The summed E-state index contributed by atoms with van der Waals surface area (Å²) in [6.45, 7) is 8.60. The van der Waals surface area contributed by atoms with Gasteiger partial charge in [-0.2, -0.15) is 0 Å². The van der Waals surface area contributed by atoms with Gasteiger partial charge in [-0.15, -0.1) is 0 Å². The summed E-state index contributed by atoms with van der Waals surface area (Å²) in [5.41, 5.74) is 2.54. The van der Waals surface area contributed by atoms with E-state index < -0.39 is 0 Å². The van der Waals surface area contributed by atoms with E-state index in [1.54, 1.807) is 0 Å². The standard InChI is InChI=1S/C16H24OS/c1-12(2)9-10-14-7-5-6-8-15(14)11-16(17)18-13(3)4/h5-8,12-13H,9-11H2,1-4H3. The van der Waals surface area contributed by atoms with Gasteiger partial charge < -0.3 is 0 Å². The van der Waals surface area contributed by atoms with Gasteiger partial charge in [0.1, 0.15) is 0 Å². The minimum absolute atomic E-state index is 0.280. The van der Waals surface area contributed by atoms with Crippen LogP contribution in [0.4, 0.5) is 0 Å². The molecule has 0 aromatic heterocycles. The third-order valence-electron chi connectivity index (χ3n) is 2.81. The average molecular weight is 264 g/mol. The Morgan fingerprint density at radius 3 is 2.28 bits per heavy atom. The number of rotatable bonds is 6. The van der Waals surface area contributed by atoms with Gasteiger partial charge in [0.25, 0.3) is 0 Å².